The Balaban J connectivity index is 2.32. The number of nitrogens with one attached hydrogen (secondary N) is 2. The molecule has 0 fully saturated rings. The maximum absolute atomic E-state index is 12.5. The molecule has 6 nitrogen and oxygen atoms in total. The number of aromatic nitrogens is 2. The topological polar surface area (TPSA) is 101 Å². The van der Waals surface area contributed by atoms with E-state index in [0.29, 0.717) is 17.7 Å². The first-order valence-corrected chi connectivity index (χ1v) is 8.29. The molecule has 0 radical (unpaired) electrons. The summed E-state index contributed by atoms with van der Waals surface area (Å²) >= 11 is 0. The van der Waals surface area contributed by atoms with Crippen LogP contribution >= 0.6 is 0 Å². The summed E-state index contributed by atoms with van der Waals surface area (Å²) in [5, 5.41) is 6.54. The van der Waals surface area contributed by atoms with Crippen LogP contribution in [-0.2, 0) is 16.6 Å². The van der Waals surface area contributed by atoms with Crippen molar-refractivity contribution < 1.29 is 8.42 Å². The van der Waals surface area contributed by atoms with Gasteiger partial charge in [0.25, 0.3) is 10.0 Å². The Bertz CT molecular complexity index is 695. The Kier molecular flexibility index (Phi) is 4.76. The number of nitrogens with zero attached hydrogens (tertiary/aromatic N) is 1. The first-order valence-electron chi connectivity index (χ1n) is 6.80. The highest BCUT2D eigenvalue weighted by atomic mass is 32.2. The number of nitrogens with two attached hydrogens (primary N) is 1. The minimum absolute atomic E-state index is 0.0168. The van der Waals surface area contributed by atoms with Crippen molar-refractivity contribution in [3.63, 3.8) is 0 Å². The van der Waals surface area contributed by atoms with Gasteiger partial charge in [0.05, 0.1) is 0 Å². The second-order valence-corrected chi connectivity index (χ2v) is 6.46. The van der Waals surface area contributed by atoms with Gasteiger partial charge in [0.15, 0.2) is 5.03 Å². The zero-order valence-electron chi connectivity index (χ0n) is 12.1. The Morgan fingerprint density at radius 3 is 2.57 bits per heavy atom. The molecule has 2 rings (SSSR count). The average molecular weight is 308 g/mol. The van der Waals surface area contributed by atoms with E-state index in [1.807, 2.05) is 37.3 Å². The molecule has 1 unspecified atom stereocenters. The molecule has 0 amide bonds. The Labute approximate surface area is 124 Å². The van der Waals surface area contributed by atoms with E-state index in [9.17, 15) is 8.42 Å². The molecule has 0 bridgehead atoms. The molecule has 2 aromatic rings. The van der Waals surface area contributed by atoms with Gasteiger partial charge in [-0.1, -0.05) is 37.3 Å². The van der Waals surface area contributed by atoms with Crippen LogP contribution in [0.1, 0.15) is 36.2 Å². The minimum atomic E-state index is -3.71. The molecule has 1 atom stereocenters. The predicted octanol–water partition coefficient (Wildman–Crippen LogP) is 1.61. The van der Waals surface area contributed by atoms with E-state index in [0.717, 1.165) is 5.56 Å². The van der Waals surface area contributed by atoms with Crippen LogP contribution in [0.4, 0.5) is 0 Å². The molecule has 1 aromatic heterocycles. The fraction of sp³-hybridized carbons (Fsp3) is 0.357. The minimum Gasteiger partial charge on any atom is -0.326 e. The summed E-state index contributed by atoms with van der Waals surface area (Å²) in [4.78, 5) is 0. The maximum Gasteiger partial charge on any atom is 0.260 e. The molecule has 1 aromatic carbocycles. The number of benzene rings is 1. The summed E-state index contributed by atoms with van der Waals surface area (Å²) < 4.78 is 27.7. The summed E-state index contributed by atoms with van der Waals surface area (Å²) in [5.74, 6) is 0. The second kappa shape index (κ2) is 6.38. The van der Waals surface area contributed by atoms with E-state index in [2.05, 4.69) is 14.9 Å². The largest absolute Gasteiger partial charge is 0.326 e. The van der Waals surface area contributed by atoms with Crippen molar-refractivity contribution in [2.75, 3.05) is 0 Å². The number of H-pyrrole nitrogens is 1. The number of hydrogen-bond acceptors (Lipinski definition) is 4. The summed E-state index contributed by atoms with van der Waals surface area (Å²) in [5.41, 5.74) is 7.73. The van der Waals surface area contributed by atoms with Gasteiger partial charge in [-0.05, 0) is 18.9 Å². The highest BCUT2D eigenvalue weighted by molar-refractivity contribution is 7.89. The normalized spacial score (nSPS) is 13.3. The van der Waals surface area contributed by atoms with E-state index < -0.39 is 10.0 Å². The lowest BCUT2D eigenvalue weighted by Gasteiger charge is -2.17. The molecule has 0 saturated carbocycles. The van der Waals surface area contributed by atoms with Gasteiger partial charge in [-0.15, -0.1) is 0 Å². The van der Waals surface area contributed by atoms with Gasteiger partial charge >= 0.3 is 0 Å². The van der Waals surface area contributed by atoms with Crippen LogP contribution < -0.4 is 10.5 Å². The third kappa shape index (κ3) is 3.31. The lowest BCUT2D eigenvalue weighted by molar-refractivity contribution is 0.545. The van der Waals surface area contributed by atoms with Crippen LogP contribution in [0, 0.1) is 6.92 Å². The van der Waals surface area contributed by atoms with Crippen molar-refractivity contribution in [1.29, 1.82) is 0 Å². The first-order chi connectivity index (χ1) is 9.99. The monoisotopic (exact) mass is 308 g/mol. The highest BCUT2D eigenvalue weighted by Gasteiger charge is 2.26. The molecule has 0 spiro atoms. The van der Waals surface area contributed by atoms with Gasteiger partial charge in [0.2, 0.25) is 0 Å². The maximum atomic E-state index is 12.5. The molecule has 4 N–H and O–H groups in total. The van der Waals surface area contributed by atoms with Crippen LogP contribution in [0.2, 0.25) is 0 Å². The van der Waals surface area contributed by atoms with Crippen LogP contribution in [0.15, 0.2) is 35.4 Å². The molecule has 114 valence electrons. The Hall–Kier alpha value is -1.70. The number of sulfonamides is 1. The smallest absolute Gasteiger partial charge is 0.260 e. The number of rotatable bonds is 6. The molecule has 0 aliphatic carbocycles. The molecule has 21 heavy (non-hydrogen) atoms. The summed E-state index contributed by atoms with van der Waals surface area (Å²) in [7, 11) is -3.71. The zero-order valence-corrected chi connectivity index (χ0v) is 12.9. The molecule has 1 heterocycles. The predicted molar refractivity (Wildman–Crippen MR) is 81.0 cm³/mol. The lowest BCUT2D eigenvalue weighted by atomic mass is 10.1. The van der Waals surface area contributed by atoms with Crippen molar-refractivity contribution in [1.82, 2.24) is 14.9 Å². The second-order valence-electron chi connectivity index (χ2n) is 4.83. The fourth-order valence-corrected chi connectivity index (χ4v) is 3.72. The van der Waals surface area contributed by atoms with Crippen molar-refractivity contribution in [2.45, 2.75) is 37.9 Å². The van der Waals surface area contributed by atoms with Gasteiger partial charge < -0.3 is 5.73 Å². The standard InChI is InChI=1S/C14H20N4O2S/c1-3-13(11-7-5-4-6-8-11)18-21(19,20)14-12(9-15)10(2)16-17-14/h4-8,13,18H,3,9,15H2,1-2H3,(H,16,17). The van der Waals surface area contributed by atoms with E-state index >= 15 is 0 Å². The molecular formula is C14H20N4O2S. The van der Waals surface area contributed by atoms with Gasteiger partial charge in [0, 0.05) is 23.8 Å². The van der Waals surface area contributed by atoms with E-state index in [1.54, 1.807) is 6.92 Å². The van der Waals surface area contributed by atoms with E-state index in [4.69, 9.17) is 5.73 Å². The van der Waals surface area contributed by atoms with Crippen molar-refractivity contribution in [3.8, 4) is 0 Å². The van der Waals surface area contributed by atoms with Gasteiger partial charge in [-0.25, -0.2) is 13.1 Å². The van der Waals surface area contributed by atoms with Gasteiger partial charge in [-0.2, -0.15) is 5.10 Å². The summed E-state index contributed by atoms with van der Waals surface area (Å²) in [6.07, 6.45) is 0.643. The van der Waals surface area contributed by atoms with Crippen molar-refractivity contribution in [2.24, 2.45) is 5.73 Å². The molecule has 0 aliphatic heterocycles. The van der Waals surface area contributed by atoms with Crippen molar-refractivity contribution >= 4 is 10.0 Å². The first kappa shape index (κ1) is 15.7. The molecule has 7 heteroatoms. The Morgan fingerprint density at radius 2 is 2.00 bits per heavy atom. The van der Waals surface area contributed by atoms with Gasteiger partial charge in [-0.3, -0.25) is 5.10 Å². The van der Waals surface area contributed by atoms with E-state index in [-0.39, 0.29) is 17.6 Å². The molecule has 0 aliphatic rings. The lowest BCUT2D eigenvalue weighted by Crippen LogP contribution is -2.29. The van der Waals surface area contributed by atoms with Crippen molar-refractivity contribution in [3.05, 3.63) is 47.2 Å². The number of hydrogen-bond donors (Lipinski definition) is 3. The Morgan fingerprint density at radius 1 is 1.33 bits per heavy atom. The molecule has 0 saturated heterocycles. The molecular weight excluding hydrogens is 288 g/mol. The third-order valence-corrected chi connectivity index (χ3v) is 4.84. The average Bonchev–Trinajstić information content (AvgIpc) is 2.87. The SMILES string of the molecule is CCC(NS(=O)(=O)c1n[nH]c(C)c1CN)c1ccccc1. The fourth-order valence-electron chi connectivity index (χ4n) is 2.21. The van der Waals surface area contributed by atoms with Crippen LogP contribution in [0.25, 0.3) is 0 Å². The number of aryl methyl sites for hydroxylation is 1. The van der Waals surface area contributed by atoms with Crippen LogP contribution in [-0.4, -0.2) is 18.6 Å². The van der Waals surface area contributed by atoms with Crippen LogP contribution in [0.5, 0.6) is 0 Å². The highest BCUT2D eigenvalue weighted by Crippen LogP contribution is 2.21. The summed E-state index contributed by atoms with van der Waals surface area (Å²) in [6.45, 7) is 3.81. The number of aromatic amines is 1. The third-order valence-electron chi connectivity index (χ3n) is 3.40. The summed E-state index contributed by atoms with van der Waals surface area (Å²) in [6, 6.07) is 9.17. The zero-order chi connectivity index (χ0) is 15.5. The quantitative estimate of drug-likeness (QED) is 0.754. The van der Waals surface area contributed by atoms with Crippen LogP contribution in [0.3, 0.4) is 0 Å². The van der Waals surface area contributed by atoms with E-state index in [1.165, 1.54) is 0 Å². The van der Waals surface area contributed by atoms with Gasteiger partial charge in [0.1, 0.15) is 0 Å².